The van der Waals surface area contributed by atoms with Crippen molar-refractivity contribution in [3.8, 4) is 22.3 Å². The summed E-state index contributed by atoms with van der Waals surface area (Å²) in [6.07, 6.45) is 0. The maximum absolute atomic E-state index is 6.67. The molecule has 11 rings (SSSR count). The van der Waals surface area contributed by atoms with Crippen molar-refractivity contribution in [1.82, 2.24) is 0 Å². The largest absolute Gasteiger partial charge is 0.456 e. The average molecular weight is 684 g/mol. The molecule has 1 aliphatic carbocycles. The highest BCUT2D eigenvalue weighted by Gasteiger charge is 2.35. The van der Waals surface area contributed by atoms with Crippen LogP contribution in [0, 0.1) is 0 Å². The van der Waals surface area contributed by atoms with Crippen LogP contribution in [0.4, 0.5) is 17.1 Å². The lowest BCUT2D eigenvalue weighted by molar-refractivity contribution is 0.660. The highest BCUT2D eigenvalue weighted by atomic mass is 32.1. The van der Waals surface area contributed by atoms with Gasteiger partial charge in [0.05, 0.1) is 0 Å². The van der Waals surface area contributed by atoms with Crippen LogP contribution in [0.3, 0.4) is 0 Å². The standard InChI is InChI=1S/C49H33NOS/c1-49(2)42-18-10-8-15-35(42)36-23-20-33(28-43(36)49)50(32-22-25-47-40(26-32)37-16-9-11-19-46(37)52-47)31-21-24-44-41(27-31)48-38-17-7-6-14-34(38)39(29-45(48)51-44)30-12-4-3-5-13-30/h3-29H,1-2H3. The molecule has 10 aromatic rings. The summed E-state index contributed by atoms with van der Waals surface area (Å²) in [4.78, 5) is 2.43. The first-order chi connectivity index (χ1) is 25.5. The second kappa shape index (κ2) is 10.9. The Morgan fingerprint density at radius 1 is 0.442 bits per heavy atom. The van der Waals surface area contributed by atoms with E-state index >= 15 is 0 Å². The van der Waals surface area contributed by atoms with Gasteiger partial charge in [-0.2, -0.15) is 0 Å². The van der Waals surface area contributed by atoms with E-state index in [1.165, 1.54) is 64.3 Å². The summed E-state index contributed by atoms with van der Waals surface area (Å²) >= 11 is 1.86. The Kier molecular flexibility index (Phi) is 6.21. The van der Waals surface area contributed by atoms with E-state index in [1.54, 1.807) is 0 Å². The Morgan fingerprint density at radius 3 is 1.94 bits per heavy atom. The summed E-state index contributed by atoms with van der Waals surface area (Å²) < 4.78 is 9.28. The molecule has 2 aromatic heterocycles. The first-order valence-corrected chi connectivity index (χ1v) is 18.7. The van der Waals surface area contributed by atoms with Crippen molar-refractivity contribution < 1.29 is 4.42 Å². The zero-order chi connectivity index (χ0) is 34.6. The Hall–Kier alpha value is -6.16. The van der Waals surface area contributed by atoms with E-state index in [2.05, 4.69) is 183 Å². The number of rotatable bonds is 4. The molecule has 52 heavy (non-hydrogen) atoms. The molecule has 0 atom stereocenters. The van der Waals surface area contributed by atoms with Crippen molar-refractivity contribution in [2.24, 2.45) is 0 Å². The van der Waals surface area contributed by atoms with Crippen LogP contribution >= 0.6 is 11.3 Å². The third-order valence-corrected chi connectivity index (χ3v) is 12.4. The molecule has 0 N–H and O–H groups in total. The molecule has 2 heterocycles. The van der Waals surface area contributed by atoms with E-state index in [0.29, 0.717) is 0 Å². The van der Waals surface area contributed by atoms with Crippen molar-refractivity contribution in [3.05, 3.63) is 175 Å². The van der Waals surface area contributed by atoms with E-state index in [-0.39, 0.29) is 5.41 Å². The van der Waals surface area contributed by atoms with Gasteiger partial charge in [-0.3, -0.25) is 0 Å². The van der Waals surface area contributed by atoms with Gasteiger partial charge in [0.25, 0.3) is 0 Å². The summed E-state index contributed by atoms with van der Waals surface area (Å²) in [5, 5.41) is 7.27. The topological polar surface area (TPSA) is 16.4 Å². The first kappa shape index (κ1) is 29.6. The van der Waals surface area contributed by atoms with Gasteiger partial charge < -0.3 is 9.32 Å². The highest BCUT2D eigenvalue weighted by Crippen LogP contribution is 2.51. The smallest absolute Gasteiger partial charge is 0.136 e. The monoisotopic (exact) mass is 683 g/mol. The summed E-state index contributed by atoms with van der Waals surface area (Å²) in [5.74, 6) is 0. The molecule has 1 aliphatic rings. The lowest BCUT2D eigenvalue weighted by atomic mass is 9.82. The summed E-state index contributed by atoms with van der Waals surface area (Å²) in [5.41, 5.74) is 12.8. The van der Waals surface area contributed by atoms with Gasteiger partial charge in [0, 0.05) is 53.4 Å². The zero-order valence-corrected chi connectivity index (χ0v) is 29.7. The lowest BCUT2D eigenvalue weighted by Crippen LogP contribution is -2.16. The quantitative estimate of drug-likeness (QED) is 0.184. The number of nitrogens with zero attached hydrogens (tertiary/aromatic N) is 1. The minimum Gasteiger partial charge on any atom is -0.456 e. The van der Waals surface area contributed by atoms with Gasteiger partial charge in [0.1, 0.15) is 11.2 Å². The van der Waals surface area contributed by atoms with Crippen LogP contribution in [0.15, 0.2) is 168 Å². The summed E-state index contributed by atoms with van der Waals surface area (Å²) in [7, 11) is 0. The molecule has 0 unspecified atom stereocenters. The third-order valence-electron chi connectivity index (χ3n) is 11.2. The second-order valence-corrected chi connectivity index (χ2v) is 15.6. The average Bonchev–Trinajstić information content (AvgIpc) is 3.82. The lowest BCUT2D eigenvalue weighted by Gasteiger charge is -2.28. The van der Waals surface area contributed by atoms with Crippen LogP contribution in [0.2, 0.25) is 0 Å². The molecule has 0 aliphatic heterocycles. The van der Waals surface area contributed by atoms with E-state index in [1.807, 2.05) is 11.3 Å². The van der Waals surface area contributed by atoms with Gasteiger partial charge in [-0.25, -0.2) is 0 Å². The predicted octanol–water partition coefficient (Wildman–Crippen LogP) is 14.6. The molecule has 0 spiro atoms. The molecule has 8 aromatic carbocycles. The van der Waals surface area contributed by atoms with E-state index in [0.717, 1.165) is 39.0 Å². The molecule has 0 saturated heterocycles. The third kappa shape index (κ3) is 4.23. The minimum absolute atomic E-state index is 0.110. The van der Waals surface area contributed by atoms with Crippen molar-refractivity contribution in [3.63, 3.8) is 0 Å². The number of anilines is 3. The molecule has 0 fully saturated rings. The van der Waals surface area contributed by atoms with Crippen molar-refractivity contribution in [1.29, 1.82) is 0 Å². The summed E-state index contributed by atoms with van der Waals surface area (Å²) in [6.45, 7) is 4.71. The fourth-order valence-corrected chi connectivity index (χ4v) is 9.84. The Morgan fingerprint density at radius 2 is 1.08 bits per heavy atom. The predicted molar refractivity (Wildman–Crippen MR) is 222 cm³/mol. The number of thiophene rings is 1. The fraction of sp³-hybridized carbons (Fsp3) is 0.0612. The van der Waals surface area contributed by atoms with Crippen LogP contribution in [0.25, 0.3) is 75.1 Å². The number of furan rings is 1. The van der Waals surface area contributed by atoms with Crippen molar-refractivity contribution >= 4 is 81.3 Å². The molecular weight excluding hydrogens is 651 g/mol. The van der Waals surface area contributed by atoms with Crippen molar-refractivity contribution in [2.75, 3.05) is 4.90 Å². The number of hydrogen-bond acceptors (Lipinski definition) is 3. The van der Waals surface area contributed by atoms with E-state index in [4.69, 9.17) is 4.42 Å². The Labute approximate surface area is 305 Å². The molecule has 246 valence electrons. The molecule has 0 amide bonds. The number of benzene rings is 8. The molecule has 3 heteroatoms. The number of fused-ring (bicyclic) bond motifs is 11. The maximum Gasteiger partial charge on any atom is 0.136 e. The van der Waals surface area contributed by atoms with E-state index in [9.17, 15) is 0 Å². The van der Waals surface area contributed by atoms with Crippen molar-refractivity contribution in [2.45, 2.75) is 19.3 Å². The molecule has 0 bridgehead atoms. The van der Waals surface area contributed by atoms with Crippen LogP contribution < -0.4 is 4.90 Å². The van der Waals surface area contributed by atoms with Gasteiger partial charge >= 0.3 is 0 Å². The van der Waals surface area contributed by atoms with Crippen LogP contribution in [0.5, 0.6) is 0 Å². The molecule has 0 saturated carbocycles. The second-order valence-electron chi connectivity index (χ2n) is 14.5. The Bertz CT molecular complexity index is 3060. The minimum atomic E-state index is -0.110. The van der Waals surface area contributed by atoms with Gasteiger partial charge in [-0.1, -0.05) is 117 Å². The highest BCUT2D eigenvalue weighted by molar-refractivity contribution is 7.25. The molecule has 2 nitrogen and oxygen atoms in total. The van der Waals surface area contributed by atoms with Crippen LogP contribution in [-0.2, 0) is 5.41 Å². The van der Waals surface area contributed by atoms with Crippen LogP contribution in [-0.4, -0.2) is 0 Å². The zero-order valence-electron chi connectivity index (χ0n) is 28.9. The normalized spacial score (nSPS) is 13.3. The van der Waals surface area contributed by atoms with Crippen LogP contribution in [0.1, 0.15) is 25.0 Å². The molecule has 0 radical (unpaired) electrons. The van der Waals surface area contributed by atoms with Gasteiger partial charge in [-0.15, -0.1) is 11.3 Å². The number of hydrogen-bond donors (Lipinski definition) is 0. The summed E-state index contributed by atoms with van der Waals surface area (Å²) in [6, 6.07) is 59.9. The van der Waals surface area contributed by atoms with Gasteiger partial charge in [0.15, 0.2) is 0 Å². The molecular formula is C49H33NOS. The maximum atomic E-state index is 6.67. The SMILES string of the molecule is CC1(C)c2ccccc2-c2ccc(N(c3ccc4sc5ccccc5c4c3)c3ccc4oc5cc(-c6ccccc6)c6ccccc6c5c4c3)cc21. The van der Waals surface area contributed by atoms with Gasteiger partial charge in [-0.05, 0) is 105 Å². The van der Waals surface area contributed by atoms with E-state index < -0.39 is 0 Å². The first-order valence-electron chi connectivity index (χ1n) is 17.9. The Balaban J connectivity index is 1.16. The van der Waals surface area contributed by atoms with Gasteiger partial charge in [0.2, 0.25) is 0 Å². The fourth-order valence-electron chi connectivity index (χ4n) is 8.76.